The Morgan fingerprint density at radius 3 is 2.73 bits per heavy atom. The lowest BCUT2D eigenvalue weighted by molar-refractivity contribution is -0.141. The van der Waals surface area contributed by atoms with Crippen LogP contribution in [0, 0.1) is 5.92 Å². The molecule has 4 rings (SSSR count). The van der Waals surface area contributed by atoms with Crippen LogP contribution in [0.5, 0.6) is 5.75 Å². The monoisotopic (exact) mass is 404 g/mol. The molecule has 7 heteroatoms. The SMILES string of the molecule is CCOc1cccc(C(=O)C2C(=O)C(=O)N(Cc3cccnc3)C2c2ccco2)c1. The molecular formula is C23H20N2O5. The second kappa shape index (κ2) is 8.32. The molecule has 1 amide bonds. The summed E-state index contributed by atoms with van der Waals surface area (Å²) in [6.07, 6.45) is 4.71. The lowest BCUT2D eigenvalue weighted by Gasteiger charge is -2.25. The van der Waals surface area contributed by atoms with E-state index in [1.165, 1.54) is 11.2 Å². The third-order valence-corrected chi connectivity index (χ3v) is 5.03. The molecule has 0 aliphatic carbocycles. The smallest absolute Gasteiger partial charge is 0.291 e. The molecule has 2 atom stereocenters. The molecule has 0 bridgehead atoms. The van der Waals surface area contributed by atoms with Gasteiger partial charge >= 0.3 is 0 Å². The fourth-order valence-electron chi connectivity index (χ4n) is 3.71. The zero-order valence-electron chi connectivity index (χ0n) is 16.4. The summed E-state index contributed by atoms with van der Waals surface area (Å²) in [5.41, 5.74) is 1.06. The van der Waals surface area contributed by atoms with Gasteiger partial charge < -0.3 is 14.1 Å². The average Bonchev–Trinajstić information content (AvgIpc) is 3.37. The molecule has 0 radical (unpaired) electrons. The topological polar surface area (TPSA) is 89.7 Å². The maximum absolute atomic E-state index is 13.4. The van der Waals surface area contributed by atoms with Crippen LogP contribution < -0.4 is 4.74 Å². The number of furan rings is 1. The van der Waals surface area contributed by atoms with Crippen molar-refractivity contribution < 1.29 is 23.5 Å². The van der Waals surface area contributed by atoms with Crippen molar-refractivity contribution in [2.24, 2.45) is 5.92 Å². The first-order chi connectivity index (χ1) is 14.6. The molecule has 3 heterocycles. The summed E-state index contributed by atoms with van der Waals surface area (Å²) in [6, 6.07) is 12.7. The van der Waals surface area contributed by atoms with E-state index in [0.717, 1.165) is 5.56 Å². The van der Waals surface area contributed by atoms with Gasteiger partial charge in [-0.15, -0.1) is 0 Å². The zero-order valence-corrected chi connectivity index (χ0v) is 16.4. The number of carbonyl (C=O) groups is 3. The number of ketones is 2. The van der Waals surface area contributed by atoms with Crippen molar-refractivity contribution in [1.29, 1.82) is 0 Å². The van der Waals surface area contributed by atoms with Crippen molar-refractivity contribution in [3.05, 3.63) is 84.1 Å². The first-order valence-corrected chi connectivity index (χ1v) is 9.64. The van der Waals surface area contributed by atoms with Gasteiger partial charge in [0.25, 0.3) is 5.91 Å². The molecule has 1 saturated heterocycles. The summed E-state index contributed by atoms with van der Waals surface area (Å²) in [5.74, 6) is -2.17. The highest BCUT2D eigenvalue weighted by Crippen LogP contribution is 2.39. The van der Waals surface area contributed by atoms with Crippen molar-refractivity contribution in [3.8, 4) is 5.75 Å². The highest BCUT2D eigenvalue weighted by molar-refractivity contribution is 6.43. The summed E-state index contributed by atoms with van der Waals surface area (Å²) in [6.45, 7) is 2.44. The van der Waals surface area contributed by atoms with Crippen LogP contribution in [-0.2, 0) is 16.1 Å². The van der Waals surface area contributed by atoms with E-state index in [9.17, 15) is 14.4 Å². The Morgan fingerprint density at radius 2 is 2.03 bits per heavy atom. The van der Waals surface area contributed by atoms with Crippen LogP contribution in [0.2, 0.25) is 0 Å². The molecule has 1 aromatic carbocycles. The number of rotatable bonds is 7. The minimum absolute atomic E-state index is 0.145. The average molecular weight is 404 g/mol. The van der Waals surface area contributed by atoms with Gasteiger partial charge in [0, 0.05) is 24.5 Å². The van der Waals surface area contributed by atoms with E-state index >= 15 is 0 Å². The molecule has 0 spiro atoms. The van der Waals surface area contributed by atoms with E-state index < -0.39 is 29.4 Å². The Bertz CT molecular complexity index is 1060. The predicted molar refractivity (Wildman–Crippen MR) is 107 cm³/mol. The Hall–Kier alpha value is -3.74. The van der Waals surface area contributed by atoms with Gasteiger partial charge in [-0.05, 0) is 42.8 Å². The van der Waals surface area contributed by atoms with Gasteiger partial charge in [0.15, 0.2) is 5.78 Å². The van der Waals surface area contributed by atoms with Crippen molar-refractivity contribution in [1.82, 2.24) is 9.88 Å². The van der Waals surface area contributed by atoms with E-state index in [4.69, 9.17) is 9.15 Å². The minimum atomic E-state index is -1.20. The largest absolute Gasteiger partial charge is 0.494 e. The van der Waals surface area contributed by atoms with Gasteiger partial charge in [-0.3, -0.25) is 19.4 Å². The van der Waals surface area contributed by atoms with Gasteiger partial charge in [0.05, 0.1) is 12.9 Å². The number of ether oxygens (including phenoxy) is 1. The third-order valence-electron chi connectivity index (χ3n) is 5.03. The number of amides is 1. The molecule has 0 saturated carbocycles. The number of nitrogens with zero attached hydrogens (tertiary/aromatic N) is 2. The zero-order chi connectivity index (χ0) is 21.1. The molecule has 30 heavy (non-hydrogen) atoms. The van der Waals surface area contributed by atoms with Crippen molar-refractivity contribution in [2.45, 2.75) is 19.5 Å². The third kappa shape index (κ3) is 3.61. The Labute approximate surface area is 173 Å². The van der Waals surface area contributed by atoms with Crippen LogP contribution in [0.25, 0.3) is 0 Å². The van der Waals surface area contributed by atoms with Crippen LogP contribution >= 0.6 is 0 Å². The van der Waals surface area contributed by atoms with Gasteiger partial charge in [0.1, 0.15) is 23.5 Å². The molecule has 1 aliphatic rings. The molecule has 0 N–H and O–H groups in total. The number of Topliss-reactive ketones (excluding diaryl/α,β-unsaturated/α-hetero) is 2. The molecule has 1 aliphatic heterocycles. The first kappa shape index (κ1) is 19.6. The lowest BCUT2D eigenvalue weighted by atomic mass is 9.88. The number of pyridine rings is 1. The van der Waals surface area contributed by atoms with E-state index in [1.54, 1.807) is 54.9 Å². The van der Waals surface area contributed by atoms with Crippen molar-refractivity contribution in [2.75, 3.05) is 6.61 Å². The molecule has 1 fully saturated rings. The van der Waals surface area contributed by atoms with E-state index in [-0.39, 0.29) is 6.54 Å². The van der Waals surface area contributed by atoms with Crippen molar-refractivity contribution >= 4 is 17.5 Å². The van der Waals surface area contributed by atoms with E-state index in [2.05, 4.69) is 4.98 Å². The number of hydrogen-bond acceptors (Lipinski definition) is 6. The van der Waals surface area contributed by atoms with Crippen molar-refractivity contribution in [3.63, 3.8) is 0 Å². The maximum atomic E-state index is 13.4. The molecule has 2 unspecified atom stereocenters. The van der Waals surface area contributed by atoms with Crippen LogP contribution in [0.3, 0.4) is 0 Å². The number of carbonyl (C=O) groups excluding carboxylic acids is 3. The number of benzene rings is 1. The molecule has 7 nitrogen and oxygen atoms in total. The minimum Gasteiger partial charge on any atom is -0.494 e. The fourth-order valence-corrected chi connectivity index (χ4v) is 3.71. The van der Waals surface area contributed by atoms with Gasteiger partial charge in [0.2, 0.25) is 5.78 Å². The number of aromatic nitrogens is 1. The standard InChI is InChI=1S/C23H20N2O5/c1-2-29-17-8-3-7-16(12-17)21(26)19-20(18-9-5-11-30-18)25(23(28)22(19)27)14-15-6-4-10-24-13-15/h3-13,19-20H,2,14H2,1H3. The second-order valence-corrected chi connectivity index (χ2v) is 6.92. The first-order valence-electron chi connectivity index (χ1n) is 9.64. The molecule has 3 aromatic rings. The summed E-state index contributed by atoms with van der Waals surface area (Å²) in [5, 5.41) is 0. The Kier molecular flexibility index (Phi) is 5.43. The second-order valence-electron chi connectivity index (χ2n) is 6.92. The summed E-state index contributed by atoms with van der Waals surface area (Å²) >= 11 is 0. The normalized spacial score (nSPS) is 18.6. The van der Waals surface area contributed by atoms with Crippen LogP contribution in [0.4, 0.5) is 0 Å². The fraction of sp³-hybridized carbons (Fsp3) is 0.217. The van der Waals surface area contributed by atoms with Crippen LogP contribution in [0.1, 0.15) is 34.6 Å². The van der Waals surface area contributed by atoms with E-state index in [0.29, 0.717) is 23.7 Å². The van der Waals surface area contributed by atoms with E-state index in [1.807, 2.05) is 13.0 Å². The summed E-state index contributed by atoms with van der Waals surface area (Å²) in [7, 11) is 0. The molecular weight excluding hydrogens is 384 g/mol. The number of hydrogen-bond donors (Lipinski definition) is 0. The van der Waals surface area contributed by atoms with Crippen LogP contribution in [-0.4, -0.2) is 34.0 Å². The number of likely N-dealkylation sites (tertiary alicyclic amines) is 1. The highest BCUT2D eigenvalue weighted by atomic mass is 16.5. The molecule has 152 valence electrons. The maximum Gasteiger partial charge on any atom is 0.291 e. The van der Waals surface area contributed by atoms with Gasteiger partial charge in [-0.2, -0.15) is 0 Å². The summed E-state index contributed by atoms with van der Waals surface area (Å²) in [4.78, 5) is 44.6. The van der Waals surface area contributed by atoms with Gasteiger partial charge in [-0.1, -0.05) is 18.2 Å². The lowest BCUT2D eigenvalue weighted by Crippen LogP contribution is -2.30. The Morgan fingerprint density at radius 1 is 1.17 bits per heavy atom. The quantitative estimate of drug-likeness (QED) is 0.341. The summed E-state index contributed by atoms with van der Waals surface area (Å²) < 4.78 is 11.0. The highest BCUT2D eigenvalue weighted by Gasteiger charge is 2.52. The molecule has 2 aromatic heterocycles. The predicted octanol–water partition coefficient (Wildman–Crippen LogP) is 3.23. The Balaban J connectivity index is 1.72. The van der Waals surface area contributed by atoms with Crippen LogP contribution in [0.15, 0.2) is 71.6 Å². The van der Waals surface area contributed by atoms with Gasteiger partial charge in [-0.25, -0.2) is 0 Å².